The number of ether oxygens (including phenoxy) is 3. The van der Waals surface area contributed by atoms with Gasteiger partial charge in [0.05, 0.1) is 40.3 Å². The molecular weight excluding hydrogens is 739 g/mol. The van der Waals surface area contributed by atoms with E-state index in [-0.39, 0.29) is 42.7 Å². The average molecular weight is 832 g/mol. The molecule has 0 heterocycles. The summed E-state index contributed by atoms with van der Waals surface area (Å²) in [6.45, 7) is 4.58. The van der Waals surface area contributed by atoms with Crippen molar-refractivity contribution >= 4 is 17.9 Å². The summed E-state index contributed by atoms with van der Waals surface area (Å²) >= 11 is 0. The molecule has 2 atom stereocenters. The lowest BCUT2D eigenvalue weighted by atomic mass is 10.0. The number of esters is 2. The van der Waals surface area contributed by atoms with Crippen LogP contribution in [0, 0.1) is 0 Å². The van der Waals surface area contributed by atoms with E-state index >= 15 is 0 Å². The summed E-state index contributed by atoms with van der Waals surface area (Å²) in [6.07, 6.45) is 48.8. The highest BCUT2D eigenvalue weighted by Gasteiger charge is 2.25. The van der Waals surface area contributed by atoms with E-state index in [1.165, 1.54) is 122 Å². The molecule has 0 radical (unpaired) electrons. The number of allylic oxidation sites excluding steroid dienone is 6. The van der Waals surface area contributed by atoms with E-state index in [0.717, 1.165) is 64.2 Å². The summed E-state index contributed by atoms with van der Waals surface area (Å²) in [4.78, 5) is 37.0. The predicted molar refractivity (Wildman–Crippen MR) is 245 cm³/mol. The van der Waals surface area contributed by atoms with E-state index in [4.69, 9.17) is 14.2 Å². The zero-order valence-electron chi connectivity index (χ0n) is 39.2. The van der Waals surface area contributed by atoms with Crippen LogP contribution in [-0.4, -0.2) is 75.5 Å². The van der Waals surface area contributed by atoms with Gasteiger partial charge in [-0.1, -0.05) is 192 Å². The van der Waals surface area contributed by atoms with Gasteiger partial charge in [0.15, 0.2) is 6.10 Å². The van der Waals surface area contributed by atoms with Crippen molar-refractivity contribution in [3.63, 3.8) is 0 Å². The first-order valence-electron chi connectivity index (χ1n) is 24.5. The van der Waals surface area contributed by atoms with Crippen molar-refractivity contribution in [1.82, 2.24) is 0 Å². The third-order valence-corrected chi connectivity index (χ3v) is 11.0. The third kappa shape index (κ3) is 40.7. The lowest BCUT2D eigenvalue weighted by molar-refractivity contribution is -0.889. The van der Waals surface area contributed by atoms with E-state index in [9.17, 15) is 19.5 Å². The molecule has 0 aliphatic heterocycles. The first-order chi connectivity index (χ1) is 28.6. The maximum absolute atomic E-state index is 12.8. The summed E-state index contributed by atoms with van der Waals surface area (Å²) in [5.74, 6) is -1.73. The molecule has 8 nitrogen and oxygen atoms in total. The molecule has 0 bridgehead atoms. The minimum absolute atomic E-state index is 0.0423. The number of aliphatic carboxylic acids is 1. The summed E-state index contributed by atoms with van der Waals surface area (Å²) in [5.41, 5.74) is 0. The van der Waals surface area contributed by atoms with Gasteiger partial charge in [-0.2, -0.15) is 0 Å². The molecule has 59 heavy (non-hydrogen) atoms. The largest absolute Gasteiger partial charge is 0.544 e. The van der Waals surface area contributed by atoms with Crippen molar-refractivity contribution < 1.29 is 38.2 Å². The maximum atomic E-state index is 12.8. The van der Waals surface area contributed by atoms with E-state index in [1.54, 1.807) is 21.1 Å². The van der Waals surface area contributed by atoms with Crippen molar-refractivity contribution in [2.24, 2.45) is 0 Å². The smallest absolute Gasteiger partial charge is 0.306 e. The highest BCUT2D eigenvalue weighted by molar-refractivity contribution is 5.70. The van der Waals surface area contributed by atoms with Crippen LogP contribution >= 0.6 is 0 Å². The van der Waals surface area contributed by atoms with Gasteiger partial charge in [0.25, 0.3) is 0 Å². The van der Waals surface area contributed by atoms with Gasteiger partial charge in [-0.05, 0) is 44.9 Å². The number of carbonyl (C=O) groups excluding carboxylic acids is 3. The minimum Gasteiger partial charge on any atom is -0.544 e. The molecule has 0 N–H and O–H groups in total. The van der Waals surface area contributed by atoms with Crippen LogP contribution in [0.4, 0.5) is 0 Å². The molecule has 0 amide bonds. The maximum Gasteiger partial charge on any atom is 0.306 e. The standard InChI is InChI=1S/C51H93NO7/c1-6-8-10-12-14-16-18-20-22-24-25-26-28-29-31-33-35-37-39-41-49(53)58-46-47(45-57-44-43-48(51(55)56)52(3,4)5)59-50(54)42-40-38-36-34-32-30-27-23-21-19-17-15-13-11-9-7-2/h8,10,14,16,20,22,47-48H,6-7,9,11-13,15,17-19,21,23-46H2,1-5H3/b10-8+,16-14+,22-20+. The zero-order chi connectivity index (χ0) is 43.5. The fourth-order valence-electron chi connectivity index (χ4n) is 7.26. The van der Waals surface area contributed by atoms with E-state index < -0.39 is 18.1 Å². The van der Waals surface area contributed by atoms with Crippen LogP contribution in [0.3, 0.4) is 0 Å². The van der Waals surface area contributed by atoms with Gasteiger partial charge in [-0.15, -0.1) is 0 Å². The number of quaternary nitrogens is 1. The Bertz CT molecular complexity index is 1060. The summed E-state index contributed by atoms with van der Waals surface area (Å²) in [5, 5.41) is 11.6. The van der Waals surface area contributed by atoms with Gasteiger partial charge in [-0.3, -0.25) is 9.59 Å². The normalized spacial score (nSPS) is 13.2. The summed E-state index contributed by atoms with van der Waals surface area (Å²) in [6, 6.07) is -0.725. The predicted octanol–water partition coefficient (Wildman–Crippen LogP) is 12.5. The molecular formula is C51H93NO7. The SMILES string of the molecule is CC/C=C/C/C=C/C/C=C/CCCCCCCCCCCC(=O)OCC(COCCC(C(=O)[O-])[N+](C)(C)C)OC(=O)CCCCCCCCCCCCCCCCCC. The second-order valence-electron chi connectivity index (χ2n) is 17.7. The number of carbonyl (C=O) groups is 3. The van der Waals surface area contributed by atoms with Crippen molar-refractivity contribution in [2.45, 2.75) is 231 Å². The highest BCUT2D eigenvalue weighted by Crippen LogP contribution is 2.16. The molecule has 0 aromatic carbocycles. The monoisotopic (exact) mass is 832 g/mol. The molecule has 0 aromatic rings. The molecule has 0 rings (SSSR count). The van der Waals surface area contributed by atoms with Gasteiger partial charge >= 0.3 is 11.9 Å². The van der Waals surface area contributed by atoms with Crippen molar-refractivity contribution in [3.05, 3.63) is 36.5 Å². The third-order valence-electron chi connectivity index (χ3n) is 11.0. The number of likely N-dealkylation sites (N-methyl/N-ethyl adjacent to an activating group) is 1. The molecule has 0 fully saturated rings. The quantitative estimate of drug-likeness (QED) is 0.0261. The Morgan fingerprint density at radius 1 is 0.525 bits per heavy atom. The number of hydrogen-bond acceptors (Lipinski definition) is 7. The minimum atomic E-state index is -1.12. The van der Waals surface area contributed by atoms with Crippen LogP contribution in [0.5, 0.6) is 0 Å². The van der Waals surface area contributed by atoms with Crippen molar-refractivity contribution in [2.75, 3.05) is 41.0 Å². The molecule has 344 valence electrons. The van der Waals surface area contributed by atoms with Gasteiger partial charge in [0.1, 0.15) is 12.6 Å². The molecule has 8 heteroatoms. The Morgan fingerprint density at radius 2 is 0.949 bits per heavy atom. The van der Waals surface area contributed by atoms with Gasteiger partial charge in [0.2, 0.25) is 0 Å². The fourth-order valence-corrected chi connectivity index (χ4v) is 7.26. The second kappa shape index (κ2) is 42.2. The fraction of sp³-hybridized carbons (Fsp3) is 0.824. The Labute approximate surface area is 364 Å². The first kappa shape index (κ1) is 56.5. The van der Waals surface area contributed by atoms with Gasteiger partial charge in [0, 0.05) is 19.3 Å². The van der Waals surface area contributed by atoms with Crippen LogP contribution in [0.1, 0.15) is 219 Å². The Morgan fingerprint density at radius 3 is 1.41 bits per heavy atom. The highest BCUT2D eigenvalue weighted by atomic mass is 16.6. The van der Waals surface area contributed by atoms with Crippen LogP contribution in [-0.2, 0) is 28.6 Å². The van der Waals surface area contributed by atoms with Crippen LogP contribution in [0.25, 0.3) is 0 Å². The molecule has 0 spiro atoms. The molecule has 0 aliphatic carbocycles. The number of hydrogen-bond donors (Lipinski definition) is 0. The molecule has 0 aliphatic rings. The summed E-state index contributed by atoms with van der Waals surface area (Å²) in [7, 11) is 5.42. The lowest BCUT2D eigenvalue weighted by Gasteiger charge is -2.34. The Kier molecular flexibility index (Phi) is 40.5. The van der Waals surface area contributed by atoms with E-state index in [0.29, 0.717) is 12.8 Å². The molecule has 2 unspecified atom stereocenters. The van der Waals surface area contributed by atoms with Crippen molar-refractivity contribution in [1.29, 1.82) is 0 Å². The topological polar surface area (TPSA) is 102 Å². The van der Waals surface area contributed by atoms with Gasteiger partial charge < -0.3 is 28.6 Å². The number of carboxylic acids is 1. The van der Waals surface area contributed by atoms with E-state index in [1.807, 2.05) is 0 Å². The Balaban J connectivity index is 4.25. The zero-order valence-corrected chi connectivity index (χ0v) is 39.2. The summed E-state index contributed by atoms with van der Waals surface area (Å²) < 4.78 is 17.2. The van der Waals surface area contributed by atoms with Crippen molar-refractivity contribution in [3.8, 4) is 0 Å². The average Bonchev–Trinajstić information content (AvgIpc) is 3.19. The Hall–Kier alpha value is -2.45. The number of carboxylic acid groups (broad SMARTS) is 1. The number of rotatable bonds is 44. The molecule has 0 saturated heterocycles. The van der Waals surface area contributed by atoms with Gasteiger partial charge in [-0.25, -0.2) is 0 Å². The van der Waals surface area contributed by atoms with Crippen LogP contribution in [0.2, 0.25) is 0 Å². The second-order valence-corrected chi connectivity index (χ2v) is 17.7. The molecule has 0 saturated carbocycles. The van der Waals surface area contributed by atoms with Crippen LogP contribution < -0.4 is 5.11 Å². The number of unbranched alkanes of at least 4 members (excludes halogenated alkanes) is 24. The molecule has 0 aromatic heterocycles. The van der Waals surface area contributed by atoms with Crippen LogP contribution in [0.15, 0.2) is 36.5 Å². The lowest BCUT2D eigenvalue weighted by Crippen LogP contribution is -2.55. The van der Waals surface area contributed by atoms with E-state index in [2.05, 4.69) is 50.3 Å². The first-order valence-corrected chi connectivity index (χ1v) is 24.5. The number of nitrogens with zero attached hydrogens (tertiary/aromatic N) is 1.